The summed E-state index contributed by atoms with van der Waals surface area (Å²) in [5, 5.41) is 0.0326. The molecule has 0 N–H and O–H groups in total. The summed E-state index contributed by atoms with van der Waals surface area (Å²) >= 11 is 3.46. The summed E-state index contributed by atoms with van der Waals surface area (Å²) in [6, 6.07) is 5.68. The van der Waals surface area contributed by atoms with Gasteiger partial charge in [0.2, 0.25) is 0 Å². The highest BCUT2D eigenvalue weighted by Gasteiger charge is 2.33. The van der Waals surface area contributed by atoms with Crippen LogP contribution in [0, 0.1) is 6.92 Å². The molecule has 0 spiro atoms. The fourth-order valence-electron chi connectivity index (χ4n) is 2.33. The maximum atomic E-state index is 12.6. The third-order valence-electron chi connectivity index (χ3n) is 3.88. The Kier molecular flexibility index (Phi) is 4.46. The number of nitrogens with zero attached hydrogens (tertiary/aromatic N) is 1. The molecule has 0 saturated carbocycles. The minimum Gasteiger partial charge on any atom is -0.334 e. The summed E-state index contributed by atoms with van der Waals surface area (Å²) in [6.45, 7) is 6.44. The second-order valence-corrected chi connectivity index (χ2v) is 7.71. The Bertz CT molecular complexity index is 532. The lowest BCUT2D eigenvalue weighted by molar-refractivity contribution is 0.0695. The molecule has 1 aromatic carbocycles. The number of halogens is 1. The van der Waals surface area contributed by atoms with E-state index in [4.69, 9.17) is 0 Å². The van der Waals surface area contributed by atoms with Gasteiger partial charge in [-0.1, -0.05) is 22.0 Å². The molecule has 1 aliphatic rings. The van der Waals surface area contributed by atoms with E-state index in [2.05, 4.69) is 15.9 Å². The molecule has 2 rings (SSSR count). The summed E-state index contributed by atoms with van der Waals surface area (Å²) in [6.07, 6.45) is 0. The van der Waals surface area contributed by atoms with Crippen LogP contribution >= 0.6 is 15.9 Å². The predicted molar refractivity (Wildman–Crippen MR) is 81.8 cm³/mol. The number of rotatable bonds is 1. The lowest BCUT2D eigenvalue weighted by Crippen LogP contribution is -2.52. The lowest BCUT2D eigenvalue weighted by atomic mass is 10.1. The van der Waals surface area contributed by atoms with Gasteiger partial charge in [-0.25, -0.2) is 0 Å². The van der Waals surface area contributed by atoms with Gasteiger partial charge in [-0.15, -0.1) is 0 Å². The third kappa shape index (κ3) is 2.77. The summed E-state index contributed by atoms with van der Waals surface area (Å²) in [4.78, 5) is 14.5. The molecule has 1 amide bonds. The summed E-state index contributed by atoms with van der Waals surface area (Å²) in [5.41, 5.74) is 1.68. The van der Waals surface area contributed by atoms with E-state index in [1.54, 1.807) is 0 Å². The van der Waals surface area contributed by atoms with Crippen LogP contribution in [-0.4, -0.2) is 38.6 Å². The highest BCUT2D eigenvalue weighted by molar-refractivity contribution is 9.10. The predicted octanol–water partition coefficient (Wildman–Crippen LogP) is 2.74. The standard InChI is InChI=1S/C14H18BrNO2S/c1-9-12(5-4-6-13(9)15)14(17)16-7-8-19(18)11(3)10(16)2/h4-6,10-11H,7-8H2,1-3H3/t10-,11-,19+/m1/s1. The minimum absolute atomic E-state index is 0.0143. The molecule has 1 aromatic rings. The van der Waals surface area contributed by atoms with E-state index in [0.29, 0.717) is 12.3 Å². The van der Waals surface area contributed by atoms with Gasteiger partial charge in [-0.05, 0) is 38.5 Å². The van der Waals surface area contributed by atoms with Crippen LogP contribution in [0.25, 0.3) is 0 Å². The first-order valence-corrected chi connectivity index (χ1v) is 8.54. The molecule has 0 radical (unpaired) electrons. The van der Waals surface area contributed by atoms with E-state index in [-0.39, 0.29) is 17.2 Å². The molecule has 3 atom stereocenters. The van der Waals surface area contributed by atoms with Crippen molar-refractivity contribution >= 4 is 32.6 Å². The molecule has 1 saturated heterocycles. The normalized spacial score (nSPS) is 27.4. The Hall–Kier alpha value is -0.680. The average Bonchev–Trinajstić information content (AvgIpc) is 2.39. The topological polar surface area (TPSA) is 37.4 Å². The molecule has 3 nitrogen and oxygen atoms in total. The molecule has 5 heteroatoms. The van der Waals surface area contributed by atoms with E-state index < -0.39 is 10.8 Å². The van der Waals surface area contributed by atoms with Crippen LogP contribution in [0.1, 0.15) is 29.8 Å². The second kappa shape index (κ2) is 5.75. The second-order valence-electron chi connectivity index (χ2n) is 4.94. The van der Waals surface area contributed by atoms with Gasteiger partial charge in [0.25, 0.3) is 5.91 Å². The van der Waals surface area contributed by atoms with Gasteiger partial charge >= 0.3 is 0 Å². The van der Waals surface area contributed by atoms with Crippen molar-refractivity contribution in [1.82, 2.24) is 4.90 Å². The van der Waals surface area contributed by atoms with Crippen molar-refractivity contribution in [2.75, 3.05) is 12.3 Å². The molecule has 0 aromatic heterocycles. The number of hydrogen-bond acceptors (Lipinski definition) is 2. The van der Waals surface area contributed by atoms with Crippen LogP contribution in [0.5, 0.6) is 0 Å². The smallest absolute Gasteiger partial charge is 0.254 e. The first kappa shape index (κ1) is 14.7. The third-order valence-corrected chi connectivity index (χ3v) is 6.55. The van der Waals surface area contributed by atoms with Crippen LogP contribution in [-0.2, 0) is 10.8 Å². The zero-order chi connectivity index (χ0) is 14.2. The van der Waals surface area contributed by atoms with Gasteiger partial charge in [-0.2, -0.15) is 0 Å². The van der Waals surface area contributed by atoms with Gasteiger partial charge in [-0.3, -0.25) is 9.00 Å². The van der Waals surface area contributed by atoms with E-state index in [9.17, 15) is 9.00 Å². The van der Waals surface area contributed by atoms with Gasteiger partial charge in [0.05, 0.1) is 5.25 Å². The quantitative estimate of drug-likeness (QED) is 0.786. The Morgan fingerprint density at radius 2 is 2.11 bits per heavy atom. The zero-order valence-corrected chi connectivity index (χ0v) is 13.8. The van der Waals surface area contributed by atoms with Crippen LogP contribution in [0.4, 0.5) is 0 Å². The maximum absolute atomic E-state index is 12.6. The molecule has 0 aliphatic carbocycles. The largest absolute Gasteiger partial charge is 0.334 e. The van der Waals surface area contributed by atoms with Crippen LogP contribution in [0.2, 0.25) is 0 Å². The SMILES string of the molecule is Cc1c(Br)cccc1C(=O)N1CC[S@](=O)[C@H](C)[C@H]1C. The number of carbonyl (C=O) groups is 1. The number of hydrogen-bond donors (Lipinski definition) is 0. The molecule has 0 bridgehead atoms. The zero-order valence-electron chi connectivity index (χ0n) is 11.4. The number of amides is 1. The van der Waals surface area contributed by atoms with Crippen LogP contribution in [0.15, 0.2) is 22.7 Å². The minimum atomic E-state index is -0.822. The first-order valence-electron chi connectivity index (χ1n) is 6.36. The van der Waals surface area contributed by atoms with Crippen molar-refractivity contribution in [3.05, 3.63) is 33.8 Å². The highest BCUT2D eigenvalue weighted by Crippen LogP contribution is 2.24. The van der Waals surface area contributed by atoms with Crippen molar-refractivity contribution in [2.45, 2.75) is 32.1 Å². The maximum Gasteiger partial charge on any atom is 0.254 e. The molecule has 19 heavy (non-hydrogen) atoms. The first-order chi connectivity index (χ1) is 8.93. The van der Waals surface area contributed by atoms with Crippen molar-refractivity contribution in [3.63, 3.8) is 0 Å². The Morgan fingerprint density at radius 3 is 2.79 bits per heavy atom. The molecule has 1 fully saturated rings. The summed E-state index contributed by atoms with van der Waals surface area (Å²) in [5.74, 6) is 0.611. The Balaban J connectivity index is 2.29. The molecule has 1 aliphatic heterocycles. The molecule has 1 heterocycles. The molecule has 104 valence electrons. The fraction of sp³-hybridized carbons (Fsp3) is 0.500. The molecule has 0 unspecified atom stereocenters. The van der Waals surface area contributed by atoms with Gasteiger partial charge < -0.3 is 4.90 Å². The summed E-state index contributed by atoms with van der Waals surface area (Å²) < 4.78 is 12.7. The van der Waals surface area contributed by atoms with Crippen molar-refractivity contribution < 1.29 is 9.00 Å². The molecular weight excluding hydrogens is 326 g/mol. The molecular formula is C14H18BrNO2S. The van der Waals surface area contributed by atoms with Gasteiger partial charge in [0.15, 0.2) is 0 Å². The van der Waals surface area contributed by atoms with Crippen LogP contribution in [0.3, 0.4) is 0 Å². The van der Waals surface area contributed by atoms with E-state index in [1.165, 1.54) is 0 Å². The summed E-state index contributed by atoms with van der Waals surface area (Å²) in [7, 11) is -0.822. The van der Waals surface area contributed by atoms with Crippen molar-refractivity contribution in [3.8, 4) is 0 Å². The van der Waals surface area contributed by atoms with E-state index >= 15 is 0 Å². The van der Waals surface area contributed by atoms with E-state index in [1.807, 2.05) is 43.9 Å². The van der Waals surface area contributed by atoms with E-state index in [0.717, 1.165) is 15.6 Å². The Labute approximate surface area is 125 Å². The van der Waals surface area contributed by atoms with Crippen LogP contribution < -0.4 is 0 Å². The Morgan fingerprint density at radius 1 is 1.42 bits per heavy atom. The fourth-order valence-corrected chi connectivity index (χ4v) is 4.03. The van der Waals surface area contributed by atoms with Gasteiger partial charge in [0, 0.05) is 39.2 Å². The average molecular weight is 344 g/mol. The highest BCUT2D eigenvalue weighted by atomic mass is 79.9. The monoisotopic (exact) mass is 343 g/mol. The van der Waals surface area contributed by atoms with Crippen molar-refractivity contribution in [2.24, 2.45) is 0 Å². The van der Waals surface area contributed by atoms with Crippen molar-refractivity contribution in [1.29, 1.82) is 0 Å². The van der Waals surface area contributed by atoms with Gasteiger partial charge in [0.1, 0.15) is 0 Å². The number of carbonyl (C=O) groups excluding carboxylic acids is 1. The lowest BCUT2D eigenvalue weighted by Gasteiger charge is -2.37. The number of benzene rings is 1.